The fourth-order valence-electron chi connectivity index (χ4n) is 1.80. The molecule has 1 aliphatic rings. The average Bonchev–Trinajstić information content (AvgIpc) is 3.04. The minimum absolute atomic E-state index is 0.00361. The van der Waals surface area contributed by atoms with E-state index < -0.39 is 21.7 Å². The first-order valence-electron chi connectivity index (χ1n) is 5.65. The Morgan fingerprint density at radius 2 is 1.90 bits per heavy atom. The van der Waals surface area contributed by atoms with Crippen LogP contribution in [0.3, 0.4) is 0 Å². The van der Waals surface area contributed by atoms with Crippen molar-refractivity contribution in [2.45, 2.75) is 36.4 Å². The summed E-state index contributed by atoms with van der Waals surface area (Å²) in [7, 11) is -4.31. The van der Waals surface area contributed by atoms with E-state index in [4.69, 9.17) is 17.3 Å². The Kier molecular flexibility index (Phi) is 3.47. The smallest absolute Gasteiger partial charge is 0.397 e. The predicted molar refractivity (Wildman–Crippen MR) is 68.9 cm³/mol. The Balaban J connectivity index is 2.38. The van der Waals surface area contributed by atoms with Gasteiger partial charge in [0.05, 0.1) is 15.6 Å². The first kappa shape index (κ1) is 15.4. The molecule has 9 heteroatoms. The predicted octanol–water partition coefficient (Wildman–Crippen LogP) is 2.60. The molecule has 1 saturated carbocycles. The van der Waals surface area contributed by atoms with Crippen molar-refractivity contribution in [3.05, 3.63) is 22.7 Å². The minimum Gasteiger partial charge on any atom is -0.397 e. The van der Waals surface area contributed by atoms with Gasteiger partial charge in [-0.05, 0) is 37.5 Å². The monoisotopic (exact) mass is 328 g/mol. The SMILES string of the molecule is Cc1cc(S(=O)(=O)NC2(C(F)(F)F)CC2)cc(N)c1Cl. The summed E-state index contributed by atoms with van der Waals surface area (Å²) in [6.45, 7) is 1.52. The summed E-state index contributed by atoms with van der Waals surface area (Å²) in [5, 5.41) is 0.181. The van der Waals surface area contributed by atoms with Crippen LogP contribution >= 0.6 is 11.6 Å². The maximum absolute atomic E-state index is 12.8. The molecule has 0 atom stereocenters. The zero-order valence-electron chi connectivity index (χ0n) is 10.4. The van der Waals surface area contributed by atoms with Crippen molar-refractivity contribution in [2.75, 3.05) is 5.73 Å². The first-order valence-corrected chi connectivity index (χ1v) is 7.51. The highest BCUT2D eigenvalue weighted by atomic mass is 35.5. The Morgan fingerprint density at radius 1 is 1.35 bits per heavy atom. The molecule has 0 unspecified atom stereocenters. The first-order chi connectivity index (χ1) is 8.98. The molecule has 0 spiro atoms. The molecular weight excluding hydrogens is 317 g/mol. The van der Waals surface area contributed by atoms with Gasteiger partial charge in [-0.1, -0.05) is 11.6 Å². The molecule has 0 aliphatic heterocycles. The van der Waals surface area contributed by atoms with Gasteiger partial charge in [0.25, 0.3) is 0 Å². The van der Waals surface area contributed by atoms with Crippen molar-refractivity contribution in [1.82, 2.24) is 4.72 Å². The van der Waals surface area contributed by atoms with Crippen LogP contribution in [-0.2, 0) is 10.0 Å². The van der Waals surface area contributed by atoms with Gasteiger partial charge in [-0.3, -0.25) is 0 Å². The second-order valence-electron chi connectivity index (χ2n) is 4.83. The molecule has 1 aromatic carbocycles. The largest absolute Gasteiger partial charge is 0.407 e. The zero-order valence-corrected chi connectivity index (χ0v) is 12.0. The van der Waals surface area contributed by atoms with Crippen LogP contribution in [0.1, 0.15) is 18.4 Å². The molecule has 1 aromatic rings. The summed E-state index contributed by atoms with van der Waals surface area (Å²) < 4.78 is 64.2. The molecule has 0 aromatic heterocycles. The maximum Gasteiger partial charge on any atom is 0.407 e. The average molecular weight is 329 g/mol. The summed E-state index contributed by atoms with van der Waals surface area (Å²) in [6.07, 6.45) is -5.15. The summed E-state index contributed by atoms with van der Waals surface area (Å²) in [6, 6.07) is 2.23. The quantitative estimate of drug-likeness (QED) is 0.838. The normalized spacial score (nSPS) is 18.1. The van der Waals surface area contributed by atoms with E-state index in [-0.39, 0.29) is 28.4 Å². The third-order valence-electron chi connectivity index (χ3n) is 3.19. The van der Waals surface area contributed by atoms with Crippen molar-refractivity contribution in [1.29, 1.82) is 0 Å². The van der Waals surface area contributed by atoms with Crippen LogP contribution in [0.25, 0.3) is 0 Å². The van der Waals surface area contributed by atoms with E-state index in [2.05, 4.69) is 0 Å². The van der Waals surface area contributed by atoms with Gasteiger partial charge in [-0.15, -0.1) is 0 Å². The fourth-order valence-corrected chi connectivity index (χ4v) is 3.48. The lowest BCUT2D eigenvalue weighted by Crippen LogP contribution is -2.47. The van der Waals surface area contributed by atoms with Crippen molar-refractivity contribution in [3.8, 4) is 0 Å². The maximum atomic E-state index is 12.8. The molecular formula is C11H12ClF3N2O2S. The second-order valence-corrected chi connectivity index (χ2v) is 6.89. The number of alkyl halides is 3. The van der Waals surface area contributed by atoms with Crippen LogP contribution < -0.4 is 10.5 Å². The van der Waals surface area contributed by atoms with Gasteiger partial charge >= 0.3 is 6.18 Å². The van der Waals surface area contributed by atoms with Crippen LogP contribution in [-0.4, -0.2) is 20.1 Å². The Morgan fingerprint density at radius 3 is 2.30 bits per heavy atom. The van der Waals surface area contributed by atoms with Crippen molar-refractivity contribution < 1.29 is 21.6 Å². The molecule has 0 heterocycles. The molecule has 4 nitrogen and oxygen atoms in total. The summed E-state index contributed by atoms with van der Waals surface area (Å²) >= 11 is 5.80. The lowest BCUT2D eigenvalue weighted by molar-refractivity contribution is -0.160. The zero-order chi connectivity index (χ0) is 15.3. The minimum atomic E-state index is -4.62. The summed E-state index contributed by atoms with van der Waals surface area (Å²) in [5.41, 5.74) is 3.57. The number of benzene rings is 1. The van der Waals surface area contributed by atoms with E-state index in [9.17, 15) is 21.6 Å². The van der Waals surface area contributed by atoms with E-state index >= 15 is 0 Å². The molecule has 0 radical (unpaired) electrons. The van der Waals surface area contributed by atoms with E-state index in [0.717, 1.165) is 6.07 Å². The van der Waals surface area contributed by atoms with Gasteiger partial charge in [0.15, 0.2) is 0 Å². The van der Waals surface area contributed by atoms with E-state index in [1.807, 2.05) is 0 Å². The van der Waals surface area contributed by atoms with Crippen molar-refractivity contribution >= 4 is 27.3 Å². The van der Waals surface area contributed by atoms with Crippen LogP contribution in [0.5, 0.6) is 0 Å². The highest BCUT2D eigenvalue weighted by Crippen LogP contribution is 2.49. The second kappa shape index (κ2) is 4.51. The van der Waals surface area contributed by atoms with Gasteiger partial charge < -0.3 is 5.73 Å². The van der Waals surface area contributed by atoms with Gasteiger partial charge in [0, 0.05) is 0 Å². The summed E-state index contributed by atoms with van der Waals surface area (Å²) in [5.74, 6) is 0. The summed E-state index contributed by atoms with van der Waals surface area (Å²) in [4.78, 5) is -0.326. The van der Waals surface area contributed by atoms with Crippen LogP contribution in [0.15, 0.2) is 17.0 Å². The highest BCUT2D eigenvalue weighted by molar-refractivity contribution is 7.89. The lowest BCUT2D eigenvalue weighted by atomic mass is 10.2. The van der Waals surface area contributed by atoms with Gasteiger partial charge in [0.2, 0.25) is 10.0 Å². The number of sulfonamides is 1. The molecule has 0 bridgehead atoms. The molecule has 0 amide bonds. The molecule has 112 valence electrons. The van der Waals surface area contributed by atoms with E-state index in [0.29, 0.717) is 5.56 Å². The van der Waals surface area contributed by atoms with Crippen LogP contribution in [0.2, 0.25) is 5.02 Å². The lowest BCUT2D eigenvalue weighted by Gasteiger charge is -2.21. The number of rotatable bonds is 3. The van der Waals surface area contributed by atoms with E-state index in [1.54, 1.807) is 4.72 Å². The van der Waals surface area contributed by atoms with Crippen molar-refractivity contribution in [2.24, 2.45) is 0 Å². The third-order valence-corrected chi connectivity index (χ3v) is 5.22. The van der Waals surface area contributed by atoms with Crippen molar-refractivity contribution in [3.63, 3.8) is 0 Å². The molecule has 0 saturated heterocycles. The Hall–Kier alpha value is -0.990. The molecule has 2 rings (SSSR count). The highest BCUT2D eigenvalue weighted by Gasteiger charge is 2.65. The van der Waals surface area contributed by atoms with Gasteiger partial charge in [-0.2, -0.15) is 17.9 Å². The molecule has 20 heavy (non-hydrogen) atoms. The standard InChI is InChI=1S/C11H12ClF3N2O2S/c1-6-4-7(5-8(16)9(6)12)20(18,19)17-10(2-3-10)11(13,14)15/h4-5,17H,2-3,16H2,1H3. The Bertz CT molecular complexity index is 631. The Labute approximate surface area is 119 Å². The topological polar surface area (TPSA) is 72.2 Å². The number of anilines is 1. The molecule has 1 fully saturated rings. The number of aryl methyl sites for hydroxylation is 1. The number of nitrogens with one attached hydrogen (secondary N) is 1. The van der Waals surface area contributed by atoms with Crippen LogP contribution in [0, 0.1) is 6.92 Å². The number of nitrogens with two attached hydrogens (primary N) is 1. The molecule has 1 aliphatic carbocycles. The van der Waals surface area contributed by atoms with E-state index in [1.165, 1.54) is 13.0 Å². The molecule has 3 N–H and O–H groups in total. The third kappa shape index (κ3) is 2.59. The van der Waals surface area contributed by atoms with Crippen LogP contribution in [0.4, 0.5) is 18.9 Å². The fraction of sp³-hybridized carbons (Fsp3) is 0.455. The number of halogens is 4. The van der Waals surface area contributed by atoms with Gasteiger partial charge in [-0.25, -0.2) is 8.42 Å². The number of hydrogen-bond donors (Lipinski definition) is 2. The number of nitrogen functional groups attached to an aromatic ring is 1. The number of hydrogen-bond acceptors (Lipinski definition) is 3. The van der Waals surface area contributed by atoms with Gasteiger partial charge in [0.1, 0.15) is 5.54 Å².